The van der Waals surface area contributed by atoms with Crippen molar-refractivity contribution in [3.8, 4) is 16.9 Å². The van der Waals surface area contributed by atoms with Crippen molar-refractivity contribution in [3.63, 3.8) is 0 Å². The Kier molecular flexibility index (Phi) is 6.77. The van der Waals surface area contributed by atoms with Gasteiger partial charge in [-0.2, -0.15) is 5.10 Å². The molecule has 7 heteroatoms. The molecule has 32 heavy (non-hydrogen) atoms. The van der Waals surface area contributed by atoms with Crippen LogP contribution < -0.4 is 5.32 Å². The zero-order chi connectivity index (χ0) is 22.3. The number of amides is 2. The lowest BCUT2D eigenvalue weighted by Crippen LogP contribution is -2.50. The zero-order valence-electron chi connectivity index (χ0n) is 18.1. The maximum absolute atomic E-state index is 12.8. The van der Waals surface area contributed by atoms with Gasteiger partial charge in [0.1, 0.15) is 0 Å². The summed E-state index contributed by atoms with van der Waals surface area (Å²) in [5.74, 6) is -0.0374. The highest BCUT2D eigenvalue weighted by Gasteiger charge is 2.21. The van der Waals surface area contributed by atoms with Gasteiger partial charge in [-0.3, -0.25) is 14.5 Å². The largest absolute Gasteiger partial charge is 0.358 e. The Labute approximate surface area is 187 Å². The third-order valence-electron chi connectivity index (χ3n) is 5.55. The van der Waals surface area contributed by atoms with Gasteiger partial charge in [-0.1, -0.05) is 48.5 Å². The molecule has 4 rings (SSSR count). The molecule has 2 heterocycles. The lowest BCUT2D eigenvalue weighted by molar-refractivity contribution is -0.128. The number of hydrogen-bond donors (Lipinski definition) is 1. The number of carbonyl (C=O) groups excluding carboxylic acids is 2. The van der Waals surface area contributed by atoms with E-state index in [1.54, 1.807) is 13.1 Å². The van der Waals surface area contributed by atoms with E-state index in [1.165, 1.54) is 0 Å². The Hall–Kier alpha value is -3.71. The Morgan fingerprint density at radius 2 is 1.62 bits per heavy atom. The van der Waals surface area contributed by atoms with Gasteiger partial charge in [0, 0.05) is 56.6 Å². The van der Waals surface area contributed by atoms with Crippen molar-refractivity contribution in [2.24, 2.45) is 0 Å². The number of rotatable bonds is 6. The highest BCUT2D eigenvalue weighted by molar-refractivity contribution is 5.93. The Bertz CT molecular complexity index is 1080. The van der Waals surface area contributed by atoms with Crippen LogP contribution in [0.1, 0.15) is 5.56 Å². The van der Waals surface area contributed by atoms with Crippen LogP contribution >= 0.6 is 0 Å². The minimum absolute atomic E-state index is 0.00598. The molecule has 3 aromatic rings. The molecular formula is C25H27N5O2. The maximum atomic E-state index is 12.8. The second-order valence-electron chi connectivity index (χ2n) is 7.69. The molecule has 7 nitrogen and oxygen atoms in total. The number of aromatic nitrogens is 2. The molecule has 1 fully saturated rings. The Balaban J connectivity index is 1.50. The van der Waals surface area contributed by atoms with E-state index in [4.69, 9.17) is 5.10 Å². The molecule has 0 saturated carbocycles. The lowest BCUT2D eigenvalue weighted by atomic mass is 10.1. The van der Waals surface area contributed by atoms with Gasteiger partial charge >= 0.3 is 0 Å². The fourth-order valence-electron chi connectivity index (χ4n) is 3.72. The van der Waals surface area contributed by atoms with Crippen LogP contribution in [0.3, 0.4) is 0 Å². The highest BCUT2D eigenvalue weighted by atomic mass is 16.2. The predicted molar refractivity (Wildman–Crippen MR) is 125 cm³/mol. The van der Waals surface area contributed by atoms with Crippen LogP contribution in [0.2, 0.25) is 0 Å². The quantitative estimate of drug-likeness (QED) is 0.611. The average Bonchev–Trinajstić information content (AvgIpc) is 3.28. The molecule has 0 spiro atoms. The van der Waals surface area contributed by atoms with Gasteiger partial charge in [-0.15, -0.1) is 0 Å². The summed E-state index contributed by atoms with van der Waals surface area (Å²) in [5, 5.41) is 7.42. The molecule has 0 bridgehead atoms. The first kappa shape index (κ1) is 21.5. The van der Waals surface area contributed by atoms with Gasteiger partial charge in [0.15, 0.2) is 0 Å². The summed E-state index contributed by atoms with van der Waals surface area (Å²) >= 11 is 0. The van der Waals surface area contributed by atoms with E-state index < -0.39 is 0 Å². The van der Waals surface area contributed by atoms with Crippen molar-refractivity contribution in [1.82, 2.24) is 24.9 Å². The van der Waals surface area contributed by atoms with Crippen LogP contribution in [0.4, 0.5) is 0 Å². The van der Waals surface area contributed by atoms with Crippen LogP contribution in [0.15, 0.2) is 72.9 Å². The summed E-state index contributed by atoms with van der Waals surface area (Å²) in [5.41, 5.74) is 3.67. The van der Waals surface area contributed by atoms with Gasteiger partial charge in [0.25, 0.3) is 0 Å². The van der Waals surface area contributed by atoms with E-state index in [-0.39, 0.29) is 11.8 Å². The molecule has 164 valence electrons. The summed E-state index contributed by atoms with van der Waals surface area (Å²) in [4.78, 5) is 28.2. The van der Waals surface area contributed by atoms with Crippen molar-refractivity contribution in [2.75, 3.05) is 39.8 Å². The molecule has 0 aliphatic carbocycles. The zero-order valence-corrected chi connectivity index (χ0v) is 18.1. The minimum atomic E-state index is -0.0314. The van der Waals surface area contributed by atoms with Crippen LogP contribution in [0.5, 0.6) is 0 Å². The lowest BCUT2D eigenvalue weighted by Gasteiger charge is -2.33. The van der Waals surface area contributed by atoms with E-state index in [2.05, 4.69) is 10.2 Å². The number of para-hydroxylation sites is 1. The third-order valence-corrected chi connectivity index (χ3v) is 5.55. The van der Waals surface area contributed by atoms with E-state index >= 15 is 0 Å². The maximum Gasteiger partial charge on any atom is 0.246 e. The minimum Gasteiger partial charge on any atom is -0.358 e. The number of hydrogen-bond acceptors (Lipinski definition) is 4. The van der Waals surface area contributed by atoms with Crippen LogP contribution in [0.25, 0.3) is 23.0 Å². The van der Waals surface area contributed by atoms with Crippen molar-refractivity contribution in [1.29, 1.82) is 0 Å². The van der Waals surface area contributed by atoms with Gasteiger partial charge in [-0.05, 0) is 18.2 Å². The first-order valence-corrected chi connectivity index (χ1v) is 10.7. The summed E-state index contributed by atoms with van der Waals surface area (Å²) in [6.07, 6.45) is 5.41. The van der Waals surface area contributed by atoms with Crippen molar-refractivity contribution in [2.45, 2.75) is 0 Å². The number of likely N-dealkylation sites (N-methyl/N-ethyl adjacent to an activating group) is 1. The third kappa shape index (κ3) is 5.12. The first-order chi connectivity index (χ1) is 15.6. The Morgan fingerprint density at radius 1 is 0.969 bits per heavy atom. The molecule has 0 radical (unpaired) electrons. The predicted octanol–water partition coefficient (Wildman–Crippen LogP) is 2.44. The van der Waals surface area contributed by atoms with E-state index in [9.17, 15) is 9.59 Å². The smallest absolute Gasteiger partial charge is 0.246 e. The average molecular weight is 430 g/mol. The fraction of sp³-hybridized carbons (Fsp3) is 0.240. The monoisotopic (exact) mass is 429 g/mol. The van der Waals surface area contributed by atoms with E-state index in [0.717, 1.165) is 22.5 Å². The number of carbonyl (C=O) groups is 2. The standard InChI is InChI=1S/C25H27N5O2/c1-26-23(31)19-28-14-16-29(17-15-28)24(32)13-12-21-18-30(22-10-6-3-7-11-22)27-25(21)20-8-4-2-5-9-20/h2-13,18H,14-17,19H2,1H3,(H,26,31). The molecule has 2 aromatic carbocycles. The first-order valence-electron chi connectivity index (χ1n) is 10.7. The number of piperazine rings is 1. The Morgan fingerprint density at radius 3 is 2.28 bits per heavy atom. The molecule has 1 saturated heterocycles. The van der Waals surface area contributed by atoms with Gasteiger partial charge in [0.2, 0.25) is 11.8 Å². The second-order valence-corrected chi connectivity index (χ2v) is 7.69. The summed E-state index contributed by atoms with van der Waals surface area (Å²) in [7, 11) is 1.64. The van der Waals surface area contributed by atoms with E-state index in [0.29, 0.717) is 32.7 Å². The number of nitrogens with one attached hydrogen (secondary N) is 1. The second kappa shape index (κ2) is 10.1. The van der Waals surface area contributed by atoms with Crippen LogP contribution in [-0.2, 0) is 9.59 Å². The number of benzene rings is 2. The highest BCUT2D eigenvalue weighted by Crippen LogP contribution is 2.24. The van der Waals surface area contributed by atoms with Gasteiger partial charge in [0.05, 0.1) is 17.9 Å². The molecule has 1 N–H and O–H groups in total. The number of nitrogens with zero attached hydrogens (tertiary/aromatic N) is 4. The summed E-state index contributed by atoms with van der Waals surface area (Å²) in [6, 6.07) is 19.9. The molecule has 0 atom stereocenters. The molecule has 1 aromatic heterocycles. The molecule has 2 amide bonds. The fourth-order valence-corrected chi connectivity index (χ4v) is 3.72. The molecular weight excluding hydrogens is 402 g/mol. The summed E-state index contributed by atoms with van der Waals surface area (Å²) in [6.45, 7) is 2.96. The van der Waals surface area contributed by atoms with Gasteiger partial charge < -0.3 is 10.2 Å². The van der Waals surface area contributed by atoms with Crippen molar-refractivity contribution < 1.29 is 9.59 Å². The topological polar surface area (TPSA) is 70.5 Å². The van der Waals surface area contributed by atoms with Crippen molar-refractivity contribution in [3.05, 3.63) is 78.5 Å². The molecule has 0 unspecified atom stereocenters. The van der Waals surface area contributed by atoms with Crippen LogP contribution in [0, 0.1) is 0 Å². The van der Waals surface area contributed by atoms with Gasteiger partial charge in [-0.25, -0.2) is 4.68 Å². The molecule has 1 aliphatic rings. The normalized spacial score (nSPS) is 14.6. The summed E-state index contributed by atoms with van der Waals surface area (Å²) < 4.78 is 1.84. The SMILES string of the molecule is CNC(=O)CN1CCN(C(=O)C=Cc2cn(-c3ccccc3)nc2-c2ccccc2)CC1. The van der Waals surface area contributed by atoms with Crippen LogP contribution in [-0.4, -0.2) is 71.2 Å². The molecule has 1 aliphatic heterocycles. The van der Waals surface area contributed by atoms with E-state index in [1.807, 2.05) is 82.5 Å². The van der Waals surface area contributed by atoms with Crippen molar-refractivity contribution >= 4 is 17.9 Å².